The summed E-state index contributed by atoms with van der Waals surface area (Å²) in [6.07, 6.45) is 3.96. The third-order valence-electron chi connectivity index (χ3n) is 4.36. The van der Waals surface area contributed by atoms with Crippen molar-refractivity contribution in [3.63, 3.8) is 0 Å². The van der Waals surface area contributed by atoms with Gasteiger partial charge in [-0.2, -0.15) is 0 Å². The van der Waals surface area contributed by atoms with Crippen LogP contribution in [0.2, 0.25) is 0 Å². The molecule has 1 aliphatic rings. The molecule has 0 unspecified atom stereocenters. The van der Waals surface area contributed by atoms with E-state index in [9.17, 15) is 14.0 Å². The third kappa shape index (κ3) is 4.41. The SMILES string of the molecule is O=C(NCC(=O)N1CCC[C@@H]1Cc1cccc(F)c1)c1ccccn1. The molecule has 6 heteroatoms. The zero-order valence-corrected chi connectivity index (χ0v) is 13.8. The second-order valence-corrected chi connectivity index (χ2v) is 6.11. The number of hydrogen-bond acceptors (Lipinski definition) is 3. The lowest BCUT2D eigenvalue weighted by molar-refractivity contribution is -0.130. The van der Waals surface area contributed by atoms with E-state index in [0.29, 0.717) is 13.0 Å². The van der Waals surface area contributed by atoms with Gasteiger partial charge in [-0.3, -0.25) is 14.6 Å². The van der Waals surface area contributed by atoms with Crippen molar-refractivity contribution in [1.82, 2.24) is 15.2 Å². The molecule has 0 spiro atoms. The predicted octanol–water partition coefficient (Wildman–Crippen LogP) is 2.18. The number of carbonyl (C=O) groups is 2. The van der Waals surface area contributed by atoms with Crippen molar-refractivity contribution in [3.8, 4) is 0 Å². The van der Waals surface area contributed by atoms with E-state index >= 15 is 0 Å². The average molecular weight is 341 g/mol. The minimum absolute atomic E-state index is 0.0426. The molecule has 3 rings (SSSR count). The van der Waals surface area contributed by atoms with Gasteiger partial charge in [0.15, 0.2) is 0 Å². The molecule has 1 fully saturated rings. The molecule has 2 heterocycles. The van der Waals surface area contributed by atoms with Crippen LogP contribution in [0.15, 0.2) is 48.7 Å². The van der Waals surface area contributed by atoms with E-state index in [1.54, 1.807) is 29.2 Å². The van der Waals surface area contributed by atoms with Gasteiger partial charge in [-0.1, -0.05) is 18.2 Å². The van der Waals surface area contributed by atoms with Crippen molar-refractivity contribution in [2.75, 3.05) is 13.1 Å². The zero-order valence-electron chi connectivity index (χ0n) is 13.8. The van der Waals surface area contributed by atoms with Crippen LogP contribution in [0.25, 0.3) is 0 Å². The average Bonchev–Trinajstić information content (AvgIpc) is 3.08. The van der Waals surface area contributed by atoms with E-state index in [-0.39, 0.29) is 35.9 Å². The number of nitrogens with one attached hydrogen (secondary N) is 1. The van der Waals surface area contributed by atoms with E-state index in [0.717, 1.165) is 18.4 Å². The highest BCUT2D eigenvalue weighted by Gasteiger charge is 2.28. The first-order valence-electron chi connectivity index (χ1n) is 8.36. The summed E-state index contributed by atoms with van der Waals surface area (Å²) in [6, 6.07) is 11.6. The van der Waals surface area contributed by atoms with Crippen molar-refractivity contribution in [2.24, 2.45) is 0 Å². The molecule has 25 heavy (non-hydrogen) atoms. The van der Waals surface area contributed by atoms with Gasteiger partial charge in [-0.15, -0.1) is 0 Å². The number of nitrogens with zero attached hydrogens (tertiary/aromatic N) is 2. The van der Waals surface area contributed by atoms with E-state index < -0.39 is 0 Å². The highest BCUT2D eigenvalue weighted by atomic mass is 19.1. The summed E-state index contributed by atoms with van der Waals surface area (Å²) in [5, 5.41) is 2.62. The Morgan fingerprint density at radius 1 is 1.24 bits per heavy atom. The summed E-state index contributed by atoms with van der Waals surface area (Å²) < 4.78 is 13.3. The van der Waals surface area contributed by atoms with Crippen LogP contribution in [0.3, 0.4) is 0 Å². The standard InChI is InChI=1S/C19H20FN3O2/c20-15-6-3-5-14(11-15)12-16-7-4-10-23(16)18(24)13-22-19(25)17-8-1-2-9-21-17/h1-3,5-6,8-9,11,16H,4,7,10,12-13H2,(H,22,25)/t16-/m1/s1. The maximum atomic E-state index is 13.3. The number of amides is 2. The Morgan fingerprint density at radius 2 is 2.12 bits per heavy atom. The number of likely N-dealkylation sites (tertiary alicyclic amines) is 1. The molecule has 2 amide bonds. The quantitative estimate of drug-likeness (QED) is 0.907. The first-order valence-corrected chi connectivity index (χ1v) is 8.36. The topological polar surface area (TPSA) is 62.3 Å². The van der Waals surface area contributed by atoms with E-state index in [1.807, 2.05) is 6.07 Å². The maximum absolute atomic E-state index is 13.3. The van der Waals surface area contributed by atoms with Gasteiger partial charge in [0.05, 0.1) is 6.54 Å². The highest BCUT2D eigenvalue weighted by molar-refractivity contribution is 5.94. The number of aromatic nitrogens is 1. The Balaban J connectivity index is 1.56. The monoisotopic (exact) mass is 341 g/mol. The molecule has 1 aliphatic heterocycles. The number of rotatable bonds is 5. The van der Waals surface area contributed by atoms with E-state index in [1.165, 1.54) is 18.3 Å². The van der Waals surface area contributed by atoms with Gasteiger partial charge >= 0.3 is 0 Å². The molecule has 1 aromatic heterocycles. The lowest BCUT2D eigenvalue weighted by atomic mass is 10.0. The zero-order chi connectivity index (χ0) is 17.6. The summed E-state index contributed by atoms with van der Waals surface area (Å²) in [5.74, 6) is -0.756. The summed E-state index contributed by atoms with van der Waals surface area (Å²) in [5.41, 5.74) is 1.16. The molecule has 0 aliphatic carbocycles. The van der Waals surface area contributed by atoms with Crippen LogP contribution in [-0.2, 0) is 11.2 Å². The number of carbonyl (C=O) groups excluding carboxylic acids is 2. The Labute approximate surface area is 145 Å². The Bertz CT molecular complexity index is 751. The molecule has 5 nitrogen and oxygen atoms in total. The lowest BCUT2D eigenvalue weighted by Crippen LogP contribution is -2.43. The van der Waals surface area contributed by atoms with Crippen molar-refractivity contribution in [2.45, 2.75) is 25.3 Å². The van der Waals surface area contributed by atoms with Crippen molar-refractivity contribution in [3.05, 3.63) is 65.7 Å². The minimum atomic E-state index is -0.366. The van der Waals surface area contributed by atoms with Gasteiger partial charge < -0.3 is 10.2 Å². The molecule has 1 N–H and O–H groups in total. The Kier molecular flexibility index (Phi) is 5.38. The van der Waals surface area contributed by atoms with Crippen molar-refractivity contribution in [1.29, 1.82) is 0 Å². The van der Waals surface area contributed by atoms with Crippen LogP contribution < -0.4 is 5.32 Å². The van der Waals surface area contributed by atoms with Crippen LogP contribution in [0.4, 0.5) is 4.39 Å². The molecule has 0 bridgehead atoms. The summed E-state index contributed by atoms with van der Waals surface area (Å²) in [4.78, 5) is 30.2. The van der Waals surface area contributed by atoms with Gasteiger partial charge in [0.25, 0.3) is 5.91 Å². The highest BCUT2D eigenvalue weighted by Crippen LogP contribution is 2.21. The van der Waals surface area contributed by atoms with E-state index in [4.69, 9.17) is 0 Å². The summed E-state index contributed by atoms with van der Waals surface area (Å²) >= 11 is 0. The minimum Gasteiger partial charge on any atom is -0.342 e. The second kappa shape index (κ2) is 7.88. The fourth-order valence-electron chi connectivity index (χ4n) is 3.16. The smallest absolute Gasteiger partial charge is 0.270 e. The Hall–Kier alpha value is -2.76. The summed E-state index contributed by atoms with van der Waals surface area (Å²) in [7, 11) is 0. The number of pyridine rings is 1. The molecular formula is C19H20FN3O2. The molecule has 0 radical (unpaired) electrons. The van der Waals surface area contributed by atoms with Crippen LogP contribution in [-0.4, -0.2) is 40.8 Å². The number of halogens is 1. The molecule has 130 valence electrons. The first kappa shape index (κ1) is 17.1. The van der Waals surface area contributed by atoms with Crippen molar-refractivity contribution < 1.29 is 14.0 Å². The summed E-state index contributed by atoms with van der Waals surface area (Å²) in [6.45, 7) is 0.604. The van der Waals surface area contributed by atoms with Crippen LogP contribution >= 0.6 is 0 Å². The fraction of sp³-hybridized carbons (Fsp3) is 0.316. The number of hydrogen-bond donors (Lipinski definition) is 1. The molecular weight excluding hydrogens is 321 g/mol. The largest absolute Gasteiger partial charge is 0.342 e. The Morgan fingerprint density at radius 3 is 2.88 bits per heavy atom. The predicted molar refractivity (Wildman–Crippen MR) is 91.4 cm³/mol. The fourth-order valence-corrected chi connectivity index (χ4v) is 3.16. The molecule has 1 saturated heterocycles. The van der Waals surface area contributed by atoms with Crippen molar-refractivity contribution >= 4 is 11.8 Å². The van der Waals surface area contributed by atoms with Crippen LogP contribution in [0.1, 0.15) is 28.9 Å². The molecule has 2 aromatic rings. The van der Waals surface area contributed by atoms with Gasteiger partial charge in [0.2, 0.25) is 5.91 Å². The van der Waals surface area contributed by atoms with Crippen LogP contribution in [0, 0.1) is 5.82 Å². The second-order valence-electron chi connectivity index (χ2n) is 6.11. The first-order chi connectivity index (χ1) is 12.1. The van der Waals surface area contributed by atoms with Gasteiger partial charge in [-0.25, -0.2) is 4.39 Å². The van der Waals surface area contributed by atoms with E-state index in [2.05, 4.69) is 10.3 Å². The van der Waals surface area contributed by atoms with Gasteiger partial charge in [0, 0.05) is 18.8 Å². The lowest BCUT2D eigenvalue weighted by Gasteiger charge is -2.25. The maximum Gasteiger partial charge on any atom is 0.270 e. The molecule has 1 aromatic carbocycles. The third-order valence-corrected chi connectivity index (χ3v) is 4.36. The molecule has 0 saturated carbocycles. The van der Waals surface area contributed by atoms with Gasteiger partial charge in [-0.05, 0) is 49.1 Å². The van der Waals surface area contributed by atoms with Crippen LogP contribution in [0.5, 0.6) is 0 Å². The molecule has 1 atom stereocenters. The van der Waals surface area contributed by atoms with Gasteiger partial charge in [0.1, 0.15) is 11.5 Å². The normalized spacial score (nSPS) is 16.7. The number of benzene rings is 1.